The van der Waals surface area contributed by atoms with Gasteiger partial charge in [0.05, 0.1) is 11.3 Å². The van der Waals surface area contributed by atoms with Gasteiger partial charge in [-0.25, -0.2) is 0 Å². The van der Waals surface area contributed by atoms with Crippen LogP contribution in [0.15, 0.2) is 78.1 Å². The highest BCUT2D eigenvalue weighted by Crippen LogP contribution is 2.30. The van der Waals surface area contributed by atoms with E-state index in [1.54, 1.807) is 0 Å². The number of nitrogens with one attached hydrogen (secondary N) is 1. The first-order valence-electron chi connectivity index (χ1n) is 11.0. The molecule has 1 amide bonds. The van der Waals surface area contributed by atoms with Gasteiger partial charge in [-0.05, 0) is 42.3 Å². The average Bonchev–Trinajstić information content (AvgIpc) is 3.42. The molecule has 0 aliphatic heterocycles. The molecule has 4 rings (SSSR count). The smallest absolute Gasteiger partial charge is 0.354 e. The molecule has 0 radical (unpaired) electrons. The first-order valence-corrected chi connectivity index (χ1v) is 11.9. The number of aryl methyl sites for hydroxylation is 2. The molecule has 0 unspecified atom stereocenters. The highest BCUT2D eigenvalue weighted by molar-refractivity contribution is 7.99. The molecule has 0 fully saturated rings. The minimum absolute atomic E-state index is 0.0100. The largest absolute Gasteiger partial charge is 0.416 e. The Bertz CT molecular complexity index is 1280. The van der Waals surface area contributed by atoms with Gasteiger partial charge < -0.3 is 14.5 Å². The average molecular weight is 500 g/mol. The van der Waals surface area contributed by atoms with Crippen LogP contribution < -0.4 is 5.32 Å². The molecule has 0 aliphatic rings. The molecule has 0 aliphatic carbocycles. The molecule has 2 heterocycles. The summed E-state index contributed by atoms with van der Waals surface area (Å²) < 4.78 is 42.8. The number of amides is 1. The molecule has 0 saturated carbocycles. The maximum Gasteiger partial charge on any atom is 0.416 e. The lowest BCUT2D eigenvalue weighted by molar-refractivity contribution is -0.137. The minimum Gasteiger partial charge on any atom is -0.354 e. The third-order valence-electron chi connectivity index (χ3n) is 5.46. The van der Waals surface area contributed by atoms with Gasteiger partial charge in [0.2, 0.25) is 5.91 Å². The number of hydrogen-bond acceptors (Lipinski definition) is 4. The van der Waals surface area contributed by atoms with Crippen LogP contribution in [0.4, 0.5) is 18.9 Å². The molecule has 0 bridgehead atoms. The van der Waals surface area contributed by atoms with E-state index in [0.29, 0.717) is 18.1 Å². The first kappa shape index (κ1) is 24.6. The molecule has 2 aromatic carbocycles. The van der Waals surface area contributed by atoms with E-state index in [1.807, 2.05) is 52.7 Å². The maximum atomic E-state index is 12.9. The Balaban J connectivity index is 1.46. The fourth-order valence-electron chi connectivity index (χ4n) is 3.61. The highest BCUT2D eigenvalue weighted by Gasteiger charge is 2.30. The fourth-order valence-corrected chi connectivity index (χ4v) is 4.39. The van der Waals surface area contributed by atoms with Crippen molar-refractivity contribution in [3.63, 3.8) is 0 Å². The summed E-state index contributed by atoms with van der Waals surface area (Å²) in [5, 5.41) is 11.8. The zero-order chi connectivity index (χ0) is 24.8. The number of anilines is 1. The van der Waals surface area contributed by atoms with Crippen LogP contribution in [0.3, 0.4) is 0 Å². The monoisotopic (exact) mass is 499 g/mol. The Morgan fingerprint density at radius 1 is 1.03 bits per heavy atom. The zero-order valence-corrected chi connectivity index (χ0v) is 19.8. The summed E-state index contributed by atoms with van der Waals surface area (Å²) in [5.41, 5.74) is 1.54. The van der Waals surface area contributed by atoms with Crippen molar-refractivity contribution in [2.75, 3.05) is 11.1 Å². The number of aromatic nitrogens is 4. The number of benzene rings is 2. The summed E-state index contributed by atoms with van der Waals surface area (Å²) in [6.45, 7) is 0.633. The van der Waals surface area contributed by atoms with E-state index in [9.17, 15) is 18.0 Å². The van der Waals surface area contributed by atoms with Gasteiger partial charge in [0, 0.05) is 37.6 Å². The van der Waals surface area contributed by atoms with Gasteiger partial charge in [-0.1, -0.05) is 48.2 Å². The van der Waals surface area contributed by atoms with Gasteiger partial charge in [0.15, 0.2) is 5.16 Å². The number of nitrogens with zero attached hydrogens (tertiary/aromatic N) is 4. The number of halogens is 3. The van der Waals surface area contributed by atoms with Crippen molar-refractivity contribution in [1.29, 1.82) is 0 Å². The predicted molar refractivity (Wildman–Crippen MR) is 129 cm³/mol. The molecule has 0 saturated heterocycles. The lowest BCUT2D eigenvalue weighted by Crippen LogP contribution is -2.16. The van der Waals surface area contributed by atoms with Crippen molar-refractivity contribution in [2.24, 2.45) is 7.05 Å². The summed E-state index contributed by atoms with van der Waals surface area (Å²) in [4.78, 5) is 12.5. The van der Waals surface area contributed by atoms with Crippen molar-refractivity contribution in [3.05, 3.63) is 95.6 Å². The van der Waals surface area contributed by atoms with Crippen LogP contribution in [-0.2, 0) is 37.4 Å². The second-order valence-corrected chi connectivity index (χ2v) is 8.93. The Hall–Kier alpha value is -3.53. The second kappa shape index (κ2) is 10.8. The van der Waals surface area contributed by atoms with Gasteiger partial charge in [-0.2, -0.15) is 13.2 Å². The number of alkyl halides is 3. The van der Waals surface area contributed by atoms with Crippen LogP contribution in [-0.4, -0.2) is 31.0 Å². The second-order valence-electron chi connectivity index (χ2n) is 7.99. The molecular weight excluding hydrogens is 475 g/mol. The van der Waals surface area contributed by atoms with Crippen molar-refractivity contribution in [2.45, 2.75) is 30.7 Å². The minimum atomic E-state index is -4.47. The van der Waals surface area contributed by atoms with Gasteiger partial charge in [0.1, 0.15) is 5.82 Å². The van der Waals surface area contributed by atoms with E-state index >= 15 is 0 Å². The highest BCUT2D eigenvalue weighted by atomic mass is 32.2. The molecule has 0 spiro atoms. The van der Waals surface area contributed by atoms with Crippen molar-refractivity contribution < 1.29 is 18.0 Å². The van der Waals surface area contributed by atoms with E-state index in [0.717, 1.165) is 30.1 Å². The normalized spacial score (nSPS) is 11.5. The molecule has 1 N–H and O–H groups in total. The Kier molecular flexibility index (Phi) is 7.60. The number of carbonyl (C=O) groups is 1. The molecule has 182 valence electrons. The van der Waals surface area contributed by atoms with Gasteiger partial charge in [-0.3, -0.25) is 4.79 Å². The van der Waals surface area contributed by atoms with Gasteiger partial charge in [-0.15, -0.1) is 10.2 Å². The molecule has 35 heavy (non-hydrogen) atoms. The van der Waals surface area contributed by atoms with Crippen molar-refractivity contribution >= 4 is 23.4 Å². The summed E-state index contributed by atoms with van der Waals surface area (Å²) in [5.74, 6) is 0.351. The quantitative estimate of drug-likeness (QED) is 0.322. The summed E-state index contributed by atoms with van der Waals surface area (Å²) in [6, 6.07) is 18.6. The molecule has 10 heteroatoms. The Morgan fingerprint density at radius 3 is 2.54 bits per heavy atom. The van der Waals surface area contributed by atoms with E-state index in [1.165, 1.54) is 29.5 Å². The Labute approximate surface area is 205 Å². The molecular formula is C25H24F3N5OS. The van der Waals surface area contributed by atoms with E-state index < -0.39 is 17.6 Å². The zero-order valence-electron chi connectivity index (χ0n) is 19.0. The SMILES string of the molecule is Cn1cccc1Cc1nnc(SCC(=O)Nc2cccc(C(F)(F)F)c2)n1CCc1ccccc1. The lowest BCUT2D eigenvalue weighted by atomic mass is 10.1. The third kappa shape index (κ3) is 6.54. The fraction of sp³-hybridized carbons (Fsp3) is 0.240. The van der Waals surface area contributed by atoms with Gasteiger partial charge in [0.25, 0.3) is 0 Å². The molecule has 4 aromatic rings. The van der Waals surface area contributed by atoms with E-state index in [-0.39, 0.29) is 11.4 Å². The summed E-state index contributed by atoms with van der Waals surface area (Å²) >= 11 is 1.21. The predicted octanol–water partition coefficient (Wildman–Crippen LogP) is 5.20. The standard InChI is InChI=1S/C25H24F3N5OS/c1-32-13-6-11-21(32)16-22-30-31-24(33(22)14-12-18-7-3-2-4-8-18)35-17-23(34)29-20-10-5-9-19(15-20)25(26,27)28/h2-11,13,15H,12,14,16-17H2,1H3,(H,29,34). The lowest BCUT2D eigenvalue weighted by Gasteiger charge is -2.12. The van der Waals surface area contributed by atoms with Crippen LogP contribution in [0.2, 0.25) is 0 Å². The van der Waals surface area contributed by atoms with Crippen molar-refractivity contribution in [1.82, 2.24) is 19.3 Å². The Morgan fingerprint density at radius 2 is 1.83 bits per heavy atom. The number of thioether (sulfide) groups is 1. The summed E-state index contributed by atoms with van der Waals surface area (Å²) in [6.07, 6.45) is -1.15. The number of hydrogen-bond donors (Lipinski definition) is 1. The molecule has 2 aromatic heterocycles. The summed E-state index contributed by atoms with van der Waals surface area (Å²) in [7, 11) is 1.97. The number of rotatable bonds is 9. The van der Waals surface area contributed by atoms with Crippen LogP contribution >= 0.6 is 11.8 Å². The first-order chi connectivity index (χ1) is 16.8. The number of carbonyl (C=O) groups excluding carboxylic acids is 1. The van der Waals surface area contributed by atoms with Crippen molar-refractivity contribution in [3.8, 4) is 0 Å². The molecule has 0 atom stereocenters. The third-order valence-corrected chi connectivity index (χ3v) is 6.42. The van der Waals surface area contributed by atoms with E-state index in [2.05, 4.69) is 27.6 Å². The molecule has 6 nitrogen and oxygen atoms in total. The van der Waals surface area contributed by atoms with E-state index in [4.69, 9.17) is 0 Å². The maximum absolute atomic E-state index is 12.9. The van der Waals surface area contributed by atoms with Crippen LogP contribution in [0, 0.1) is 0 Å². The van der Waals surface area contributed by atoms with Crippen LogP contribution in [0.25, 0.3) is 0 Å². The topological polar surface area (TPSA) is 64.7 Å². The van der Waals surface area contributed by atoms with Crippen LogP contribution in [0.5, 0.6) is 0 Å². The van der Waals surface area contributed by atoms with Crippen LogP contribution in [0.1, 0.15) is 22.6 Å². The van der Waals surface area contributed by atoms with Gasteiger partial charge >= 0.3 is 6.18 Å².